The number of sulfonamides is 1. The lowest BCUT2D eigenvalue weighted by molar-refractivity contribution is -0.119. The summed E-state index contributed by atoms with van der Waals surface area (Å²) in [6.45, 7) is 1.69. The van der Waals surface area contributed by atoms with E-state index in [0.29, 0.717) is 16.5 Å². The van der Waals surface area contributed by atoms with Crippen molar-refractivity contribution in [2.45, 2.75) is 13.5 Å². The second-order valence-corrected chi connectivity index (χ2v) is 8.13. The van der Waals surface area contributed by atoms with E-state index in [2.05, 4.69) is 5.32 Å². The molecule has 26 heavy (non-hydrogen) atoms. The van der Waals surface area contributed by atoms with Crippen LogP contribution in [0.15, 0.2) is 42.5 Å². The maximum Gasteiger partial charge on any atom is 0.241 e. The molecule has 2 aromatic rings. The molecule has 8 heteroatoms. The molecule has 0 saturated heterocycles. The Kier molecular flexibility index (Phi) is 6.50. The zero-order valence-corrected chi connectivity index (χ0v) is 16.4. The van der Waals surface area contributed by atoms with E-state index >= 15 is 0 Å². The van der Waals surface area contributed by atoms with Crippen LogP contribution in [0, 0.1) is 6.92 Å². The first-order chi connectivity index (χ1) is 12.2. The van der Waals surface area contributed by atoms with Crippen molar-refractivity contribution in [1.29, 1.82) is 0 Å². The standard InChI is InChI=1S/C18H21ClN2O4S/c1-13-8-9-17(25-2)16(10-13)21(26(3,23)24)12-18(22)20-11-14-6-4-5-7-15(14)19/h4-10H,11-12H2,1-3H3,(H,20,22). The molecule has 0 bridgehead atoms. The summed E-state index contributed by atoms with van der Waals surface area (Å²) in [7, 11) is -2.24. The van der Waals surface area contributed by atoms with Gasteiger partial charge in [-0.25, -0.2) is 8.42 Å². The highest BCUT2D eigenvalue weighted by molar-refractivity contribution is 7.92. The number of nitrogens with zero attached hydrogens (tertiary/aromatic N) is 1. The number of hydrogen-bond acceptors (Lipinski definition) is 4. The van der Waals surface area contributed by atoms with Crippen LogP contribution >= 0.6 is 11.6 Å². The summed E-state index contributed by atoms with van der Waals surface area (Å²) in [4.78, 5) is 12.3. The van der Waals surface area contributed by atoms with Crippen molar-refractivity contribution in [2.75, 3.05) is 24.2 Å². The van der Waals surface area contributed by atoms with Crippen molar-refractivity contribution in [3.63, 3.8) is 0 Å². The van der Waals surface area contributed by atoms with Gasteiger partial charge in [-0.15, -0.1) is 0 Å². The van der Waals surface area contributed by atoms with Crippen molar-refractivity contribution in [2.24, 2.45) is 0 Å². The first-order valence-electron chi connectivity index (χ1n) is 7.85. The molecule has 0 saturated carbocycles. The molecule has 0 aliphatic heterocycles. The first kappa shape index (κ1) is 20.1. The number of carbonyl (C=O) groups is 1. The first-order valence-corrected chi connectivity index (χ1v) is 10.1. The predicted octanol–water partition coefficient (Wildman–Crippen LogP) is 2.74. The van der Waals surface area contributed by atoms with Crippen molar-refractivity contribution in [3.8, 4) is 5.75 Å². The third-order valence-corrected chi connectivity index (χ3v) is 5.22. The number of carbonyl (C=O) groups excluding carboxylic acids is 1. The van der Waals surface area contributed by atoms with Crippen LogP contribution in [-0.4, -0.2) is 34.2 Å². The van der Waals surface area contributed by atoms with E-state index in [1.54, 1.807) is 36.4 Å². The molecule has 0 aromatic heterocycles. The SMILES string of the molecule is COc1ccc(C)cc1N(CC(=O)NCc1ccccc1Cl)S(C)(=O)=O. The van der Waals surface area contributed by atoms with E-state index in [1.165, 1.54) is 7.11 Å². The Morgan fingerprint density at radius 2 is 1.92 bits per heavy atom. The van der Waals surface area contributed by atoms with Gasteiger partial charge in [0.15, 0.2) is 0 Å². The predicted molar refractivity (Wildman–Crippen MR) is 103 cm³/mol. The molecule has 1 amide bonds. The van der Waals surface area contributed by atoms with Crippen LogP contribution in [0.4, 0.5) is 5.69 Å². The fourth-order valence-corrected chi connectivity index (χ4v) is 3.45. The van der Waals surface area contributed by atoms with Crippen LogP contribution in [-0.2, 0) is 21.4 Å². The van der Waals surface area contributed by atoms with Crippen LogP contribution in [0.3, 0.4) is 0 Å². The fourth-order valence-electron chi connectivity index (χ4n) is 2.40. The molecule has 0 fully saturated rings. The van der Waals surface area contributed by atoms with Crippen molar-refractivity contribution >= 4 is 33.2 Å². The van der Waals surface area contributed by atoms with Crippen molar-refractivity contribution in [1.82, 2.24) is 5.32 Å². The molecule has 0 atom stereocenters. The lowest BCUT2D eigenvalue weighted by atomic mass is 10.2. The number of ether oxygens (including phenoxy) is 1. The third-order valence-electron chi connectivity index (χ3n) is 3.72. The van der Waals surface area contributed by atoms with Gasteiger partial charge in [-0.2, -0.15) is 0 Å². The topological polar surface area (TPSA) is 75.7 Å². The molecule has 0 unspecified atom stereocenters. The molecule has 140 valence electrons. The number of amides is 1. The molecule has 1 N–H and O–H groups in total. The molecule has 0 spiro atoms. The highest BCUT2D eigenvalue weighted by Gasteiger charge is 2.24. The molecule has 6 nitrogen and oxygen atoms in total. The minimum atomic E-state index is -3.69. The van der Waals surface area contributed by atoms with Gasteiger partial charge in [-0.3, -0.25) is 9.10 Å². The normalized spacial score (nSPS) is 11.1. The summed E-state index contributed by atoms with van der Waals surface area (Å²) in [6.07, 6.45) is 1.05. The van der Waals surface area contributed by atoms with Gasteiger partial charge in [-0.05, 0) is 36.2 Å². The monoisotopic (exact) mass is 396 g/mol. The summed E-state index contributed by atoms with van der Waals surface area (Å²) >= 11 is 6.06. The largest absolute Gasteiger partial charge is 0.495 e. The summed E-state index contributed by atoms with van der Waals surface area (Å²) in [5.74, 6) is -0.0705. The molecular formula is C18H21ClN2O4S. The number of benzene rings is 2. The van der Waals surface area contributed by atoms with E-state index in [1.807, 2.05) is 13.0 Å². The Balaban J connectivity index is 2.20. The molecule has 0 aliphatic carbocycles. The Labute approximate surface area is 158 Å². The van der Waals surface area contributed by atoms with Gasteiger partial charge in [0, 0.05) is 11.6 Å². The Hall–Kier alpha value is -2.25. The highest BCUT2D eigenvalue weighted by atomic mass is 35.5. The number of halogens is 1. The average Bonchev–Trinajstić information content (AvgIpc) is 2.58. The summed E-state index contributed by atoms with van der Waals surface area (Å²) in [6, 6.07) is 12.3. The molecule has 0 heterocycles. The number of nitrogens with one attached hydrogen (secondary N) is 1. The van der Waals surface area contributed by atoms with E-state index in [0.717, 1.165) is 21.7 Å². The van der Waals surface area contributed by atoms with Crippen molar-refractivity contribution < 1.29 is 17.9 Å². The number of methoxy groups -OCH3 is 1. The lowest BCUT2D eigenvalue weighted by Gasteiger charge is -2.24. The average molecular weight is 397 g/mol. The van der Waals surface area contributed by atoms with Gasteiger partial charge in [0.25, 0.3) is 0 Å². The van der Waals surface area contributed by atoms with Crippen LogP contribution in [0.25, 0.3) is 0 Å². The molecule has 2 rings (SSSR count). The van der Waals surface area contributed by atoms with Gasteiger partial charge < -0.3 is 10.1 Å². The van der Waals surface area contributed by atoms with Crippen LogP contribution in [0.5, 0.6) is 5.75 Å². The Bertz CT molecular complexity index is 900. The van der Waals surface area contributed by atoms with E-state index in [-0.39, 0.29) is 13.1 Å². The van der Waals surface area contributed by atoms with Gasteiger partial charge in [-0.1, -0.05) is 35.9 Å². The maximum atomic E-state index is 12.3. The highest BCUT2D eigenvalue weighted by Crippen LogP contribution is 2.30. The second-order valence-electron chi connectivity index (χ2n) is 5.81. The number of aryl methyl sites for hydroxylation is 1. The quantitative estimate of drug-likeness (QED) is 0.780. The van der Waals surface area contributed by atoms with Crippen LogP contribution < -0.4 is 14.4 Å². The minimum absolute atomic E-state index is 0.209. The zero-order valence-electron chi connectivity index (χ0n) is 14.8. The number of hydrogen-bond donors (Lipinski definition) is 1. The second kappa shape index (κ2) is 8.42. The van der Waals surface area contributed by atoms with Crippen LogP contribution in [0.2, 0.25) is 5.02 Å². The summed E-state index contributed by atoms with van der Waals surface area (Å²) in [5.41, 5.74) is 1.93. The smallest absolute Gasteiger partial charge is 0.241 e. The van der Waals surface area contributed by atoms with Crippen LogP contribution in [0.1, 0.15) is 11.1 Å². The molecule has 0 aliphatic rings. The molecule has 2 aromatic carbocycles. The Morgan fingerprint density at radius 1 is 1.23 bits per heavy atom. The van der Waals surface area contributed by atoms with Gasteiger partial charge in [0.2, 0.25) is 15.9 Å². The number of rotatable bonds is 7. The Morgan fingerprint density at radius 3 is 2.54 bits per heavy atom. The van der Waals surface area contributed by atoms with Gasteiger partial charge in [0.1, 0.15) is 12.3 Å². The summed E-state index contributed by atoms with van der Waals surface area (Å²) in [5, 5.41) is 3.23. The number of anilines is 1. The molecular weight excluding hydrogens is 376 g/mol. The van der Waals surface area contributed by atoms with E-state index in [9.17, 15) is 13.2 Å². The fraction of sp³-hybridized carbons (Fsp3) is 0.278. The summed E-state index contributed by atoms with van der Waals surface area (Å²) < 4.78 is 30.8. The minimum Gasteiger partial charge on any atom is -0.495 e. The van der Waals surface area contributed by atoms with Gasteiger partial charge in [0.05, 0.1) is 19.1 Å². The molecule has 0 radical (unpaired) electrons. The van der Waals surface area contributed by atoms with E-state index < -0.39 is 15.9 Å². The maximum absolute atomic E-state index is 12.3. The van der Waals surface area contributed by atoms with Gasteiger partial charge >= 0.3 is 0 Å². The van der Waals surface area contributed by atoms with E-state index in [4.69, 9.17) is 16.3 Å². The lowest BCUT2D eigenvalue weighted by Crippen LogP contribution is -2.40. The zero-order chi connectivity index (χ0) is 19.3. The third kappa shape index (κ3) is 5.12. The van der Waals surface area contributed by atoms with Crippen molar-refractivity contribution in [3.05, 3.63) is 58.6 Å².